The van der Waals surface area contributed by atoms with Crippen molar-refractivity contribution in [3.63, 3.8) is 0 Å². The molecule has 1 atom stereocenters. The molecule has 0 radical (unpaired) electrons. The molecular formula is C24H22N4O2. The van der Waals surface area contributed by atoms with E-state index in [-0.39, 0.29) is 24.4 Å². The van der Waals surface area contributed by atoms with E-state index < -0.39 is 0 Å². The maximum Gasteiger partial charge on any atom is 0.253 e. The third kappa shape index (κ3) is 4.22. The van der Waals surface area contributed by atoms with Crippen molar-refractivity contribution in [1.29, 1.82) is 0 Å². The summed E-state index contributed by atoms with van der Waals surface area (Å²) in [6.45, 7) is 2.04. The summed E-state index contributed by atoms with van der Waals surface area (Å²) in [6, 6.07) is 24.2. The molecule has 2 amide bonds. The molecule has 0 saturated heterocycles. The Balaban J connectivity index is 1.47. The minimum atomic E-state index is -0.240. The zero-order chi connectivity index (χ0) is 20.9. The maximum atomic E-state index is 12.8. The molecule has 0 fully saturated rings. The van der Waals surface area contributed by atoms with Crippen molar-refractivity contribution in [3.8, 4) is 0 Å². The van der Waals surface area contributed by atoms with E-state index in [9.17, 15) is 9.59 Å². The van der Waals surface area contributed by atoms with Crippen LogP contribution in [-0.4, -0.2) is 21.4 Å². The lowest BCUT2D eigenvalue weighted by atomic mass is 10.1. The molecular weight excluding hydrogens is 376 g/mol. The topological polar surface area (TPSA) is 76.0 Å². The summed E-state index contributed by atoms with van der Waals surface area (Å²) < 4.78 is 1.78. The molecule has 150 valence electrons. The van der Waals surface area contributed by atoms with E-state index in [0.29, 0.717) is 11.3 Å². The zero-order valence-corrected chi connectivity index (χ0v) is 16.6. The van der Waals surface area contributed by atoms with Gasteiger partial charge in [0.05, 0.1) is 34.7 Å². The molecule has 0 aliphatic heterocycles. The van der Waals surface area contributed by atoms with Crippen molar-refractivity contribution in [2.24, 2.45) is 0 Å². The van der Waals surface area contributed by atoms with Crippen molar-refractivity contribution >= 4 is 28.5 Å². The van der Waals surface area contributed by atoms with Crippen molar-refractivity contribution in [2.45, 2.75) is 19.5 Å². The average Bonchev–Trinajstić information content (AvgIpc) is 3.17. The fraction of sp³-hybridized carbons (Fsp3) is 0.125. The van der Waals surface area contributed by atoms with E-state index in [4.69, 9.17) is 0 Å². The summed E-state index contributed by atoms with van der Waals surface area (Å²) >= 11 is 0. The van der Waals surface area contributed by atoms with Crippen LogP contribution in [0.25, 0.3) is 11.0 Å². The third-order valence-electron chi connectivity index (χ3n) is 4.93. The number of carbonyl (C=O) groups excluding carboxylic acids is 2. The van der Waals surface area contributed by atoms with Gasteiger partial charge in [0.1, 0.15) is 6.54 Å². The van der Waals surface area contributed by atoms with Gasteiger partial charge < -0.3 is 15.2 Å². The molecule has 0 aliphatic carbocycles. The number of anilines is 1. The molecule has 4 rings (SSSR count). The number of fused-ring (bicyclic) bond motifs is 1. The van der Waals surface area contributed by atoms with Gasteiger partial charge in [-0.3, -0.25) is 9.59 Å². The number of hydrogen-bond acceptors (Lipinski definition) is 3. The minimum Gasteiger partial charge on any atom is -0.345 e. The number of carbonyl (C=O) groups is 2. The lowest BCUT2D eigenvalue weighted by molar-refractivity contribution is -0.116. The summed E-state index contributed by atoms with van der Waals surface area (Å²) in [5, 5.41) is 5.85. The SMILES string of the molecule is CC(NC(=O)c1ccccc1NC(=O)Cn1cnc2ccccc21)c1ccccc1. The number of nitrogens with zero attached hydrogens (tertiary/aromatic N) is 2. The number of nitrogens with one attached hydrogen (secondary N) is 2. The van der Waals surface area contributed by atoms with Crippen LogP contribution in [0.3, 0.4) is 0 Å². The Labute approximate surface area is 174 Å². The second-order valence-corrected chi connectivity index (χ2v) is 7.06. The van der Waals surface area contributed by atoms with Crippen LogP contribution in [-0.2, 0) is 11.3 Å². The smallest absolute Gasteiger partial charge is 0.253 e. The van der Waals surface area contributed by atoms with Gasteiger partial charge in [0.15, 0.2) is 0 Å². The van der Waals surface area contributed by atoms with E-state index in [2.05, 4.69) is 15.6 Å². The molecule has 1 heterocycles. The molecule has 6 heteroatoms. The van der Waals surface area contributed by atoms with E-state index >= 15 is 0 Å². The van der Waals surface area contributed by atoms with Gasteiger partial charge in [-0.25, -0.2) is 4.98 Å². The van der Waals surface area contributed by atoms with Gasteiger partial charge in [-0.1, -0.05) is 54.6 Å². The van der Waals surface area contributed by atoms with Gasteiger partial charge in [0.25, 0.3) is 5.91 Å². The van der Waals surface area contributed by atoms with Crippen molar-refractivity contribution in [3.05, 3.63) is 96.3 Å². The van der Waals surface area contributed by atoms with Crippen LogP contribution in [0.5, 0.6) is 0 Å². The van der Waals surface area contributed by atoms with Gasteiger partial charge in [0.2, 0.25) is 5.91 Å². The highest BCUT2D eigenvalue weighted by Crippen LogP contribution is 2.18. The number of para-hydroxylation sites is 3. The molecule has 0 aliphatic rings. The van der Waals surface area contributed by atoms with Crippen LogP contribution < -0.4 is 10.6 Å². The first-order valence-corrected chi connectivity index (χ1v) is 9.76. The first-order valence-electron chi connectivity index (χ1n) is 9.76. The second kappa shape index (κ2) is 8.61. The van der Waals surface area contributed by atoms with Gasteiger partial charge in [0, 0.05) is 0 Å². The summed E-state index contributed by atoms with van der Waals surface area (Å²) in [4.78, 5) is 29.8. The largest absolute Gasteiger partial charge is 0.345 e. The van der Waals surface area contributed by atoms with Gasteiger partial charge in [-0.15, -0.1) is 0 Å². The number of benzene rings is 3. The monoisotopic (exact) mass is 398 g/mol. The zero-order valence-electron chi connectivity index (χ0n) is 16.6. The number of imidazole rings is 1. The Morgan fingerprint density at radius 1 is 0.933 bits per heavy atom. The fourth-order valence-corrected chi connectivity index (χ4v) is 3.37. The summed E-state index contributed by atoms with van der Waals surface area (Å²) in [7, 11) is 0. The molecule has 30 heavy (non-hydrogen) atoms. The number of aromatic nitrogens is 2. The van der Waals surface area contributed by atoms with Crippen molar-refractivity contribution in [2.75, 3.05) is 5.32 Å². The standard InChI is InChI=1S/C24H22N4O2/c1-17(18-9-3-2-4-10-18)26-24(30)19-11-5-6-12-20(19)27-23(29)15-28-16-25-21-13-7-8-14-22(21)28/h2-14,16-17H,15H2,1H3,(H,26,30)(H,27,29). The van der Waals surface area contributed by atoms with Gasteiger partial charge >= 0.3 is 0 Å². The summed E-state index contributed by atoms with van der Waals surface area (Å²) in [5.74, 6) is -0.468. The van der Waals surface area contributed by atoms with Gasteiger partial charge in [-0.2, -0.15) is 0 Å². The Kier molecular flexibility index (Phi) is 5.57. The maximum absolute atomic E-state index is 12.8. The number of hydrogen-bond donors (Lipinski definition) is 2. The fourth-order valence-electron chi connectivity index (χ4n) is 3.37. The normalized spacial score (nSPS) is 11.8. The van der Waals surface area contributed by atoms with Crippen LogP contribution in [0.2, 0.25) is 0 Å². The molecule has 0 saturated carbocycles. The number of amides is 2. The van der Waals surface area contributed by atoms with Crippen LogP contribution in [0, 0.1) is 0 Å². The van der Waals surface area contributed by atoms with E-state index in [1.165, 1.54) is 0 Å². The van der Waals surface area contributed by atoms with Gasteiger partial charge in [-0.05, 0) is 36.8 Å². The minimum absolute atomic E-state index is 0.108. The predicted molar refractivity (Wildman–Crippen MR) is 117 cm³/mol. The Morgan fingerprint density at radius 3 is 2.47 bits per heavy atom. The highest BCUT2D eigenvalue weighted by atomic mass is 16.2. The summed E-state index contributed by atoms with van der Waals surface area (Å²) in [5.41, 5.74) is 3.63. The Hall–Kier alpha value is -3.93. The molecule has 1 unspecified atom stereocenters. The first-order chi connectivity index (χ1) is 14.6. The van der Waals surface area contributed by atoms with E-state index in [1.807, 2.05) is 61.5 Å². The average molecular weight is 398 g/mol. The highest BCUT2D eigenvalue weighted by Gasteiger charge is 2.16. The Morgan fingerprint density at radius 2 is 1.63 bits per heavy atom. The number of rotatable bonds is 6. The Bertz CT molecular complexity index is 1180. The van der Waals surface area contributed by atoms with Crippen LogP contribution >= 0.6 is 0 Å². The van der Waals surface area contributed by atoms with E-state index in [0.717, 1.165) is 16.6 Å². The molecule has 6 nitrogen and oxygen atoms in total. The molecule has 0 spiro atoms. The second-order valence-electron chi connectivity index (χ2n) is 7.06. The van der Waals surface area contributed by atoms with E-state index in [1.54, 1.807) is 35.2 Å². The molecule has 1 aromatic heterocycles. The first kappa shape index (κ1) is 19.4. The van der Waals surface area contributed by atoms with Crippen molar-refractivity contribution in [1.82, 2.24) is 14.9 Å². The highest BCUT2D eigenvalue weighted by molar-refractivity contribution is 6.04. The summed E-state index contributed by atoms with van der Waals surface area (Å²) in [6.07, 6.45) is 1.64. The lowest BCUT2D eigenvalue weighted by Gasteiger charge is -2.16. The van der Waals surface area contributed by atoms with Crippen LogP contribution in [0.4, 0.5) is 5.69 Å². The van der Waals surface area contributed by atoms with Crippen molar-refractivity contribution < 1.29 is 9.59 Å². The molecule has 4 aromatic rings. The molecule has 3 aromatic carbocycles. The van der Waals surface area contributed by atoms with Crippen LogP contribution in [0.1, 0.15) is 28.9 Å². The molecule has 0 bridgehead atoms. The molecule has 2 N–H and O–H groups in total. The third-order valence-corrected chi connectivity index (χ3v) is 4.93. The van der Waals surface area contributed by atoms with Crippen LogP contribution in [0.15, 0.2) is 85.2 Å². The predicted octanol–water partition coefficient (Wildman–Crippen LogP) is 4.17. The lowest BCUT2D eigenvalue weighted by Crippen LogP contribution is -2.28. The quantitative estimate of drug-likeness (QED) is 0.512.